The van der Waals surface area contributed by atoms with Gasteiger partial charge in [0, 0.05) is 30.4 Å². The molecular weight excluding hydrogens is 394 g/mol. The molecule has 3 aromatic rings. The van der Waals surface area contributed by atoms with Gasteiger partial charge in [0.2, 0.25) is 11.8 Å². The van der Waals surface area contributed by atoms with Crippen LogP contribution in [0.3, 0.4) is 0 Å². The summed E-state index contributed by atoms with van der Waals surface area (Å²) in [6.45, 7) is 3.70. The highest BCUT2D eigenvalue weighted by Gasteiger charge is 2.35. The molecule has 2 heterocycles. The van der Waals surface area contributed by atoms with E-state index >= 15 is 0 Å². The van der Waals surface area contributed by atoms with E-state index in [1.165, 1.54) is 4.90 Å². The van der Waals surface area contributed by atoms with E-state index in [2.05, 4.69) is 20.8 Å². The topological polar surface area (TPSA) is 93.0 Å². The highest BCUT2D eigenvalue weighted by Crippen LogP contribution is 2.28. The zero-order chi connectivity index (χ0) is 21.4. The molecule has 8 nitrogen and oxygen atoms in total. The van der Waals surface area contributed by atoms with E-state index < -0.39 is 17.6 Å². The number of nitrogens with one attached hydrogen (secondary N) is 1. The first-order valence-electron chi connectivity index (χ1n) is 9.25. The van der Waals surface area contributed by atoms with Crippen LogP contribution in [0.2, 0.25) is 0 Å². The normalized spacial score (nSPS) is 16.2. The van der Waals surface area contributed by atoms with Crippen molar-refractivity contribution in [2.45, 2.75) is 20.3 Å². The van der Waals surface area contributed by atoms with Crippen LogP contribution < -0.4 is 10.2 Å². The summed E-state index contributed by atoms with van der Waals surface area (Å²) in [5, 5.41) is 14.2. The number of benzene rings is 2. The Balaban J connectivity index is 1.51. The fraction of sp³-hybridized carbons (Fsp3) is 0.250. The Hall–Kier alpha value is -3.69. The number of nitrogens with zero attached hydrogens (tertiary/aromatic N) is 5. The van der Waals surface area contributed by atoms with Crippen molar-refractivity contribution < 1.29 is 18.4 Å². The smallest absolute Gasteiger partial charge is 0.229 e. The monoisotopic (exact) mass is 412 g/mol. The van der Waals surface area contributed by atoms with Gasteiger partial charge in [0.05, 0.1) is 11.6 Å². The van der Waals surface area contributed by atoms with Gasteiger partial charge in [-0.05, 0) is 54.1 Å². The third kappa shape index (κ3) is 3.76. The van der Waals surface area contributed by atoms with Gasteiger partial charge in [0.1, 0.15) is 11.6 Å². The van der Waals surface area contributed by atoms with Crippen molar-refractivity contribution in [1.82, 2.24) is 20.2 Å². The maximum Gasteiger partial charge on any atom is 0.229 e. The molecule has 1 aromatic heterocycles. The molecule has 1 unspecified atom stereocenters. The van der Waals surface area contributed by atoms with Gasteiger partial charge in [-0.25, -0.2) is 8.78 Å². The lowest BCUT2D eigenvalue weighted by Crippen LogP contribution is -2.28. The van der Waals surface area contributed by atoms with Crippen LogP contribution in [0.4, 0.5) is 20.2 Å². The van der Waals surface area contributed by atoms with Crippen LogP contribution in [-0.4, -0.2) is 38.6 Å². The number of tetrazole rings is 1. The Labute approximate surface area is 170 Å². The summed E-state index contributed by atoms with van der Waals surface area (Å²) in [4.78, 5) is 26.3. The van der Waals surface area contributed by atoms with Crippen LogP contribution in [0.15, 0.2) is 36.4 Å². The highest BCUT2D eigenvalue weighted by atomic mass is 19.1. The third-order valence-electron chi connectivity index (χ3n) is 4.99. The van der Waals surface area contributed by atoms with Gasteiger partial charge in [-0.2, -0.15) is 4.68 Å². The quantitative estimate of drug-likeness (QED) is 0.711. The summed E-state index contributed by atoms with van der Waals surface area (Å²) in [7, 11) is 0. The molecule has 1 fully saturated rings. The van der Waals surface area contributed by atoms with Crippen molar-refractivity contribution in [3.63, 3.8) is 0 Å². The molecule has 1 atom stereocenters. The molecule has 0 saturated carbocycles. The fourth-order valence-electron chi connectivity index (χ4n) is 3.44. The van der Waals surface area contributed by atoms with Gasteiger partial charge in [-0.3, -0.25) is 9.59 Å². The Kier molecular flexibility index (Phi) is 4.98. The average molecular weight is 412 g/mol. The first kappa shape index (κ1) is 19.6. The highest BCUT2D eigenvalue weighted by molar-refractivity contribution is 6.03. The first-order chi connectivity index (χ1) is 14.3. The maximum absolute atomic E-state index is 13.5. The molecule has 0 aliphatic carbocycles. The molecule has 30 heavy (non-hydrogen) atoms. The minimum Gasteiger partial charge on any atom is -0.326 e. The maximum atomic E-state index is 13.5. The van der Waals surface area contributed by atoms with Crippen molar-refractivity contribution >= 4 is 23.2 Å². The summed E-state index contributed by atoms with van der Waals surface area (Å²) >= 11 is 0. The van der Waals surface area contributed by atoms with Gasteiger partial charge in [-0.1, -0.05) is 6.07 Å². The minimum atomic E-state index is -0.782. The molecule has 0 bridgehead atoms. The van der Waals surface area contributed by atoms with Crippen LogP contribution in [0.1, 0.15) is 17.8 Å². The predicted molar refractivity (Wildman–Crippen MR) is 104 cm³/mol. The summed E-state index contributed by atoms with van der Waals surface area (Å²) < 4.78 is 28.5. The first-order valence-corrected chi connectivity index (χ1v) is 9.25. The second kappa shape index (κ2) is 7.62. The van der Waals surface area contributed by atoms with Crippen molar-refractivity contribution in [1.29, 1.82) is 0 Å². The number of carbonyl (C=O) groups excluding carboxylic acids is 2. The summed E-state index contributed by atoms with van der Waals surface area (Å²) in [5.41, 5.74) is 2.26. The number of carbonyl (C=O) groups is 2. The molecule has 0 radical (unpaired) electrons. The molecule has 0 spiro atoms. The number of aryl methyl sites for hydroxylation is 2. The Morgan fingerprint density at radius 2 is 1.87 bits per heavy atom. The molecule has 4 rings (SSSR count). The second-order valence-corrected chi connectivity index (χ2v) is 7.16. The zero-order valence-electron chi connectivity index (χ0n) is 16.3. The molecule has 2 amide bonds. The van der Waals surface area contributed by atoms with E-state index in [0.29, 0.717) is 11.5 Å². The number of hydrogen-bond acceptors (Lipinski definition) is 5. The molecule has 2 aromatic carbocycles. The fourth-order valence-corrected chi connectivity index (χ4v) is 3.44. The van der Waals surface area contributed by atoms with Gasteiger partial charge in [-0.15, -0.1) is 5.10 Å². The van der Waals surface area contributed by atoms with E-state index in [9.17, 15) is 18.4 Å². The van der Waals surface area contributed by atoms with Crippen LogP contribution in [0.25, 0.3) is 5.69 Å². The molecule has 10 heteroatoms. The number of aromatic nitrogens is 4. The molecule has 154 valence electrons. The number of hydrogen-bond donors (Lipinski definition) is 1. The molecule has 1 saturated heterocycles. The standard InChI is InChI=1S/C20H18F2N6O2/c1-11-3-4-16(9-18(11)28-12(2)24-25-26-28)23-20(30)13-5-19(29)27(10-13)17-7-14(21)6-15(22)8-17/h3-4,6-9,13H,5,10H2,1-2H3,(H,23,30). The molecule has 1 aliphatic heterocycles. The number of halogens is 2. The Morgan fingerprint density at radius 1 is 1.13 bits per heavy atom. The predicted octanol–water partition coefficient (Wildman–Crippen LogP) is 2.55. The Bertz CT molecular complexity index is 1130. The number of amides is 2. The van der Waals surface area contributed by atoms with Crippen LogP contribution in [-0.2, 0) is 9.59 Å². The summed E-state index contributed by atoms with van der Waals surface area (Å²) in [6, 6.07) is 8.19. The van der Waals surface area contributed by atoms with Gasteiger partial charge >= 0.3 is 0 Å². The summed E-state index contributed by atoms with van der Waals surface area (Å²) in [6.07, 6.45) is -0.0468. The average Bonchev–Trinajstić information content (AvgIpc) is 3.28. The van der Waals surface area contributed by atoms with E-state index in [4.69, 9.17) is 0 Å². The lowest BCUT2D eigenvalue weighted by Gasteiger charge is -2.17. The van der Waals surface area contributed by atoms with Crippen molar-refractivity contribution in [3.8, 4) is 5.69 Å². The minimum absolute atomic E-state index is 0.0401. The molecular formula is C20H18F2N6O2. The van der Waals surface area contributed by atoms with Crippen molar-refractivity contribution in [2.75, 3.05) is 16.8 Å². The third-order valence-corrected chi connectivity index (χ3v) is 4.99. The van der Waals surface area contributed by atoms with Gasteiger partial charge in [0.15, 0.2) is 5.82 Å². The largest absolute Gasteiger partial charge is 0.326 e. The van der Waals surface area contributed by atoms with E-state index in [-0.39, 0.29) is 30.5 Å². The van der Waals surface area contributed by atoms with Crippen LogP contribution in [0.5, 0.6) is 0 Å². The lowest BCUT2D eigenvalue weighted by atomic mass is 10.1. The SMILES string of the molecule is Cc1ccc(NC(=O)C2CC(=O)N(c3cc(F)cc(F)c3)C2)cc1-n1nnnc1C. The molecule has 1 N–H and O–H groups in total. The van der Waals surface area contributed by atoms with E-state index in [1.807, 2.05) is 13.0 Å². The van der Waals surface area contributed by atoms with E-state index in [1.54, 1.807) is 23.7 Å². The molecule has 1 aliphatic rings. The zero-order valence-corrected chi connectivity index (χ0v) is 16.3. The van der Waals surface area contributed by atoms with Gasteiger partial charge in [0.25, 0.3) is 0 Å². The van der Waals surface area contributed by atoms with Crippen LogP contribution in [0, 0.1) is 31.4 Å². The number of anilines is 2. The van der Waals surface area contributed by atoms with Gasteiger partial charge < -0.3 is 10.2 Å². The second-order valence-electron chi connectivity index (χ2n) is 7.16. The van der Waals surface area contributed by atoms with Crippen LogP contribution >= 0.6 is 0 Å². The Morgan fingerprint density at radius 3 is 2.53 bits per heavy atom. The van der Waals surface area contributed by atoms with Crippen molar-refractivity contribution in [3.05, 3.63) is 59.4 Å². The van der Waals surface area contributed by atoms with Crippen molar-refractivity contribution in [2.24, 2.45) is 5.92 Å². The number of rotatable bonds is 4. The lowest BCUT2D eigenvalue weighted by molar-refractivity contribution is -0.122. The summed E-state index contributed by atoms with van der Waals surface area (Å²) in [5.74, 6) is -2.34. The van der Waals surface area contributed by atoms with E-state index in [0.717, 1.165) is 29.4 Å².